The molecule has 1 N–H and O–H groups in total. The molecule has 172 valence electrons. The van der Waals surface area contributed by atoms with Crippen LogP contribution in [0.15, 0.2) is 65.7 Å². The van der Waals surface area contributed by atoms with Crippen LogP contribution in [0.2, 0.25) is 0 Å². The van der Waals surface area contributed by atoms with E-state index in [4.69, 9.17) is 4.74 Å². The van der Waals surface area contributed by atoms with Crippen molar-refractivity contribution in [1.82, 2.24) is 4.31 Å². The van der Waals surface area contributed by atoms with Crippen molar-refractivity contribution in [3.05, 3.63) is 66.4 Å². The maximum Gasteiger partial charge on any atom is 0.243 e. The summed E-state index contributed by atoms with van der Waals surface area (Å²) in [6.45, 7) is 3.95. The molecule has 1 fully saturated rings. The highest BCUT2D eigenvalue weighted by atomic mass is 32.2. The quantitative estimate of drug-likeness (QED) is 0.301. The van der Waals surface area contributed by atoms with Crippen LogP contribution < -0.4 is 10.1 Å². The van der Waals surface area contributed by atoms with Gasteiger partial charge in [0.1, 0.15) is 5.75 Å². The molecule has 1 heterocycles. The van der Waals surface area contributed by atoms with Crippen LogP contribution in [0.1, 0.15) is 55.8 Å². The summed E-state index contributed by atoms with van der Waals surface area (Å²) in [7, 11) is -3.46. The number of benzene rings is 2. The van der Waals surface area contributed by atoms with E-state index >= 15 is 0 Å². The van der Waals surface area contributed by atoms with E-state index in [0.29, 0.717) is 35.8 Å². The van der Waals surface area contributed by atoms with Crippen LogP contribution in [0.4, 0.5) is 5.69 Å². The zero-order chi connectivity index (χ0) is 22.8. The summed E-state index contributed by atoms with van der Waals surface area (Å²) in [5.41, 5.74) is 1.29. The van der Waals surface area contributed by atoms with Gasteiger partial charge in [0.05, 0.1) is 11.5 Å². The van der Waals surface area contributed by atoms with E-state index in [1.54, 1.807) is 59.0 Å². The molecule has 7 heteroatoms. The van der Waals surface area contributed by atoms with Crippen LogP contribution in [0.3, 0.4) is 0 Å². The molecule has 3 rings (SSSR count). The molecular weight excluding hydrogens is 424 g/mol. The number of carbonyl (C=O) groups is 1. The number of carbonyl (C=O) groups excluding carboxylic acids is 1. The van der Waals surface area contributed by atoms with Gasteiger partial charge >= 0.3 is 0 Å². The van der Waals surface area contributed by atoms with Crippen molar-refractivity contribution in [2.45, 2.75) is 50.3 Å². The first-order valence-corrected chi connectivity index (χ1v) is 12.7. The number of hydrogen-bond acceptors (Lipinski definition) is 5. The molecule has 0 unspecified atom stereocenters. The number of sulfonamides is 1. The van der Waals surface area contributed by atoms with Crippen molar-refractivity contribution in [3.8, 4) is 5.75 Å². The van der Waals surface area contributed by atoms with Gasteiger partial charge in [-0.3, -0.25) is 4.79 Å². The van der Waals surface area contributed by atoms with Crippen LogP contribution in [0.5, 0.6) is 5.75 Å². The highest BCUT2D eigenvalue weighted by Gasteiger charge is 2.24. The number of unbranched alkanes of at least 4 members (excludes halogenated alkanes) is 1. The standard InChI is InChI=1S/C25H32N2O4S/c1-2-3-20-31-23-12-8-21(9-13-23)25(28)16-17-26-22-10-14-24(15-11-22)32(29,30)27-18-6-4-5-7-19-27/h8-17,26H,2-7,18-20H2,1H3/b17-16+. The molecule has 0 bridgehead atoms. The topological polar surface area (TPSA) is 75.7 Å². The first-order chi connectivity index (χ1) is 15.5. The third-order valence-corrected chi connectivity index (χ3v) is 7.36. The number of rotatable bonds is 10. The molecule has 2 aromatic carbocycles. The number of allylic oxidation sites excluding steroid dienone is 1. The predicted octanol–water partition coefficient (Wildman–Crippen LogP) is 5.24. The molecule has 0 saturated carbocycles. The lowest BCUT2D eigenvalue weighted by molar-refractivity contribution is 0.104. The van der Waals surface area contributed by atoms with Gasteiger partial charge in [-0.1, -0.05) is 26.2 Å². The smallest absolute Gasteiger partial charge is 0.243 e. The Morgan fingerprint density at radius 2 is 1.66 bits per heavy atom. The van der Waals surface area contributed by atoms with Crippen molar-refractivity contribution >= 4 is 21.5 Å². The Morgan fingerprint density at radius 3 is 2.28 bits per heavy atom. The number of anilines is 1. The van der Waals surface area contributed by atoms with Gasteiger partial charge in [0.15, 0.2) is 5.78 Å². The van der Waals surface area contributed by atoms with Crippen molar-refractivity contribution in [1.29, 1.82) is 0 Å². The Hall–Kier alpha value is -2.64. The van der Waals surface area contributed by atoms with Crippen molar-refractivity contribution in [3.63, 3.8) is 0 Å². The molecule has 0 atom stereocenters. The Morgan fingerprint density at radius 1 is 1.00 bits per heavy atom. The Balaban J connectivity index is 1.54. The number of nitrogens with zero attached hydrogens (tertiary/aromatic N) is 1. The van der Waals surface area contributed by atoms with Crippen LogP contribution >= 0.6 is 0 Å². The highest BCUT2D eigenvalue weighted by Crippen LogP contribution is 2.22. The van der Waals surface area contributed by atoms with Crippen molar-refractivity contribution in [2.75, 3.05) is 25.0 Å². The van der Waals surface area contributed by atoms with Crippen molar-refractivity contribution < 1.29 is 17.9 Å². The monoisotopic (exact) mass is 456 g/mol. The second kappa shape index (κ2) is 11.8. The first-order valence-electron chi connectivity index (χ1n) is 11.3. The lowest BCUT2D eigenvalue weighted by atomic mass is 10.1. The van der Waals surface area contributed by atoms with Gasteiger partial charge in [0, 0.05) is 36.6 Å². The SMILES string of the molecule is CCCCOc1ccc(C(=O)/C=C/Nc2ccc(S(=O)(=O)N3CCCCCC3)cc2)cc1. The molecular formula is C25H32N2O4S. The summed E-state index contributed by atoms with van der Waals surface area (Å²) >= 11 is 0. The zero-order valence-corrected chi connectivity index (χ0v) is 19.4. The molecule has 0 amide bonds. The van der Waals surface area contributed by atoms with Gasteiger partial charge in [-0.2, -0.15) is 4.31 Å². The molecule has 6 nitrogen and oxygen atoms in total. The molecule has 1 aliphatic heterocycles. The van der Waals surface area contributed by atoms with Gasteiger partial charge < -0.3 is 10.1 Å². The third-order valence-electron chi connectivity index (χ3n) is 5.45. The summed E-state index contributed by atoms with van der Waals surface area (Å²) in [4.78, 5) is 12.6. The van der Waals surface area contributed by atoms with Gasteiger partial charge in [-0.25, -0.2) is 8.42 Å². The van der Waals surface area contributed by atoms with Gasteiger partial charge in [-0.15, -0.1) is 0 Å². The third kappa shape index (κ3) is 6.68. The average Bonchev–Trinajstić information content (AvgIpc) is 3.10. The lowest BCUT2D eigenvalue weighted by Gasteiger charge is -2.20. The van der Waals surface area contributed by atoms with E-state index in [2.05, 4.69) is 12.2 Å². The van der Waals surface area contributed by atoms with Crippen LogP contribution in [-0.4, -0.2) is 38.2 Å². The minimum Gasteiger partial charge on any atom is -0.494 e. The number of nitrogens with one attached hydrogen (secondary N) is 1. The fourth-order valence-electron chi connectivity index (χ4n) is 3.51. The van der Waals surface area contributed by atoms with Gasteiger partial charge in [0.25, 0.3) is 0 Å². The molecule has 0 spiro atoms. The summed E-state index contributed by atoms with van der Waals surface area (Å²) in [6, 6.07) is 13.7. The second-order valence-corrected chi connectivity index (χ2v) is 9.85. The normalized spacial score (nSPS) is 15.4. The molecule has 1 aliphatic rings. The van der Waals surface area contributed by atoms with E-state index in [1.807, 2.05) is 0 Å². The van der Waals surface area contributed by atoms with E-state index in [-0.39, 0.29) is 5.78 Å². The molecule has 1 saturated heterocycles. The summed E-state index contributed by atoms with van der Waals surface area (Å²) in [6.07, 6.45) is 9.07. The molecule has 0 aliphatic carbocycles. The van der Waals surface area contributed by atoms with E-state index in [1.165, 1.54) is 6.08 Å². The summed E-state index contributed by atoms with van der Waals surface area (Å²) < 4.78 is 32.9. The van der Waals surface area contributed by atoms with Crippen LogP contribution in [0, 0.1) is 0 Å². The Bertz CT molecular complexity index is 991. The highest BCUT2D eigenvalue weighted by molar-refractivity contribution is 7.89. The molecule has 0 aromatic heterocycles. The number of ketones is 1. The second-order valence-electron chi connectivity index (χ2n) is 7.91. The lowest BCUT2D eigenvalue weighted by Crippen LogP contribution is -2.31. The van der Waals surface area contributed by atoms with Crippen LogP contribution in [-0.2, 0) is 10.0 Å². The maximum atomic E-state index is 12.8. The summed E-state index contributed by atoms with van der Waals surface area (Å²) in [5.74, 6) is 0.630. The largest absolute Gasteiger partial charge is 0.494 e. The molecule has 2 aromatic rings. The fraction of sp³-hybridized carbons (Fsp3) is 0.400. The average molecular weight is 457 g/mol. The zero-order valence-electron chi connectivity index (χ0n) is 18.6. The maximum absolute atomic E-state index is 12.8. The molecule has 0 radical (unpaired) electrons. The summed E-state index contributed by atoms with van der Waals surface area (Å²) in [5, 5.41) is 3.02. The van der Waals surface area contributed by atoms with E-state index in [9.17, 15) is 13.2 Å². The Labute approximate surface area is 191 Å². The molecule has 32 heavy (non-hydrogen) atoms. The predicted molar refractivity (Wildman–Crippen MR) is 128 cm³/mol. The minimum atomic E-state index is -3.46. The van der Waals surface area contributed by atoms with E-state index in [0.717, 1.165) is 44.3 Å². The van der Waals surface area contributed by atoms with Gasteiger partial charge in [0.2, 0.25) is 10.0 Å². The van der Waals surface area contributed by atoms with Gasteiger partial charge in [-0.05, 0) is 67.8 Å². The van der Waals surface area contributed by atoms with Crippen molar-refractivity contribution in [2.24, 2.45) is 0 Å². The fourth-order valence-corrected chi connectivity index (χ4v) is 5.03. The number of ether oxygens (including phenoxy) is 1. The first kappa shape index (κ1) is 24.0. The minimum absolute atomic E-state index is 0.127. The number of hydrogen-bond donors (Lipinski definition) is 1. The van der Waals surface area contributed by atoms with E-state index < -0.39 is 10.0 Å². The Kier molecular flexibility index (Phi) is 8.88. The van der Waals surface area contributed by atoms with Crippen LogP contribution in [0.25, 0.3) is 0 Å².